The summed E-state index contributed by atoms with van der Waals surface area (Å²) in [5.41, 5.74) is 7.85. The molecule has 15 heavy (non-hydrogen) atoms. The number of hydrogen-bond acceptors (Lipinski definition) is 2. The lowest BCUT2D eigenvalue weighted by Gasteiger charge is -2.09. The minimum atomic E-state index is 0.505. The minimum absolute atomic E-state index is 0.505. The van der Waals surface area contributed by atoms with Crippen molar-refractivity contribution in [3.63, 3.8) is 0 Å². The zero-order valence-corrected chi connectivity index (χ0v) is 9.66. The molecular weight excluding hydrogens is 186 g/mol. The zero-order valence-electron chi connectivity index (χ0n) is 9.66. The third-order valence-electron chi connectivity index (χ3n) is 2.30. The molecule has 2 nitrogen and oxygen atoms in total. The van der Waals surface area contributed by atoms with Crippen LogP contribution in [-0.4, -0.2) is 13.7 Å². The fourth-order valence-corrected chi connectivity index (χ4v) is 1.40. The van der Waals surface area contributed by atoms with Gasteiger partial charge in [0.05, 0.1) is 7.11 Å². The second-order valence-electron chi connectivity index (χ2n) is 3.83. The molecule has 0 heterocycles. The third-order valence-corrected chi connectivity index (χ3v) is 2.30. The van der Waals surface area contributed by atoms with Crippen LogP contribution in [0.4, 0.5) is 0 Å². The van der Waals surface area contributed by atoms with Crippen LogP contribution in [0.2, 0.25) is 0 Å². The molecule has 0 unspecified atom stereocenters. The van der Waals surface area contributed by atoms with Crippen molar-refractivity contribution >= 4 is 6.08 Å². The Morgan fingerprint density at radius 3 is 2.60 bits per heavy atom. The van der Waals surface area contributed by atoms with Crippen molar-refractivity contribution < 1.29 is 4.74 Å². The lowest BCUT2D eigenvalue weighted by molar-refractivity contribution is 0.414. The molecule has 2 N–H and O–H groups in total. The van der Waals surface area contributed by atoms with Gasteiger partial charge in [0, 0.05) is 6.54 Å². The monoisotopic (exact) mass is 205 g/mol. The molecule has 0 aromatic heterocycles. The molecule has 0 spiro atoms. The fourth-order valence-electron chi connectivity index (χ4n) is 1.40. The van der Waals surface area contributed by atoms with Gasteiger partial charge in [-0.25, -0.2) is 0 Å². The lowest BCUT2D eigenvalue weighted by Crippen LogP contribution is -1.94. The average molecular weight is 205 g/mol. The van der Waals surface area contributed by atoms with Crippen LogP contribution < -0.4 is 10.5 Å². The lowest BCUT2D eigenvalue weighted by atomic mass is 10.00. The largest absolute Gasteiger partial charge is 0.497 e. The molecule has 0 bridgehead atoms. The molecule has 0 atom stereocenters. The highest BCUT2D eigenvalue weighted by molar-refractivity contribution is 5.54. The van der Waals surface area contributed by atoms with Gasteiger partial charge in [-0.05, 0) is 29.2 Å². The number of rotatable bonds is 4. The first-order chi connectivity index (χ1) is 7.17. The predicted octanol–water partition coefficient (Wildman–Crippen LogP) is 2.79. The van der Waals surface area contributed by atoms with Crippen molar-refractivity contribution in [2.75, 3.05) is 13.7 Å². The van der Waals surface area contributed by atoms with Gasteiger partial charge in [0.15, 0.2) is 0 Å². The summed E-state index contributed by atoms with van der Waals surface area (Å²) in [6, 6.07) is 6.25. The maximum absolute atomic E-state index is 5.43. The molecular formula is C13H19NO. The van der Waals surface area contributed by atoms with Gasteiger partial charge in [0.1, 0.15) is 5.75 Å². The van der Waals surface area contributed by atoms with E-state index < -0.39 is 0 Å². The molecule has 1 rings (SSSR count). The molecule has 0 saturated heterocycles. The highest BCUT2D eigenvalue weighted by atomic mass is 16.5. The summed E-state index contributed by atoms with van der Waals surface area (Å²) >= 11 is 0. The molecule has 0 aliphatic heterocycles. The van der Waals surface area contributed by atoms with Crippen LogP contribution in [-0.2, 0) is 0 Å². The number of nitrogens with two attached hydrogens (primary N) is 1. The standard InChI is InChI=1S/C13H19NO/c1-10(2)12-7-11(5-4-6-14)8-13(9-12)15-3/h4-5,7-10H,6,14H2,1-3H3/b5-4+. The van der Waals surface area contributed by atoms with E-state index in [2.05, 4.69) is 26.0 Å². The van der Waals surface area contributed by atoms with E-state index in [-0.39, 0.29) is 0 Å². The summed E-state index contributed by atoms with van der Waals surface area (Å²) in [5.74, 6) is 1.41. The summed E-state index contributed by atoms with van der Waals surface area (Å²) in [6.07, 6.45) is 3.97. The molecule has 0 aliphatic carbocycles. The Labute approximate surface area is 91.7 Å². The highest BCUT2D eigenvalue weighted by Gasteiger charge is 2.02. The normalized spacial score (nSPS) is 11.3. The van der Waals surface area contributed by atoms with Crippen molar-refractivity contribution in [1.82, 2.24) is 0 Å². The van der Waals surface area contributed by atoms with E-state index in [1.165, 1.54) is 5.56 Å². The van der Waals surface area contributed by atoms with E-state index in [0.29, 0.717) is 12.5 Å². The molecule has 0 radical (unpaired) electrons. The van der Waals surface area contributed by atoms with Crippen molar-refractivity contribution in [1.29, 1.82) is 0 Å². The Morgan fingerprint density at radius 2 is 2.07 bits per heavy atom. The Bertz CT molecular complexity index is 342. The number of methoxy groups -OCH3 is 1. The Morgan fingerprint density at radius 1 is 1.33 bits per heavy atom. The second kappa shape index (κ2) is 5.56. The van der Waals surface area contributed by atoms with Crippen molar-refractivity contribution in [3.05, 3.63) is 35.4 Å². The zero-order chi connectivity index (χ0) is 11.3. The van der Waals surface area contributed by atoms with Crippen LogP contribution in [0.25, 0.3) is 6.08 Å². The summed E-state index contributed by atoms with van der Waals surface area (Å²) in [4.78, 5) is 0. The molecule has 1 aromatic rings. The number of ether oxygens (including phenoxy) is 1. The first kappa shape index (κ1) is 11.8. The third kappa shape index (κ3) is 3.40. The van der Waals surface area contributed by atoms with Crippen LogP contribution in [0.1, 0.15) is 30.9 Å². The van der Waals surface area contributed by atoms with E-state index in [4.69, 9.17) is 10.5 Å². The quantitative estimate of drug-likeness (QED) is 0.820. The van der Waals surface area contributed by atoms with Gasteiger partial charge < -0.3 is 10.5 Å². The predicted molar refractivity (Wildman–Crippen MR) is 65.2 cm³/mol. The highest BCUT2D eigenvalue weighted by Crippen LogP contribution is 2.23. The van der Waals surface area contributed by atoms with Crippen LogP contribution >= 0.6 is 0 Å². The molecule has 0 amide bonds. The topological polar surface area (TPSA) is 35.2 Å². The van der Waals surface area contributed by atoms with Crippen molar-refractivity contribution in [2.24, 2.45) is 5.73 Å². The summed E-state index contributed by atoms with van der Waals surface area (Å²) in [6.45, 7) is 4.91. The first-order valence-corrected chi connectivity index (χ1v) is 5.23. The van der Waals surface area contributed by atoms with E-state index in [9.17, 15) is 0 Å². The fraction of sp³-hybridized carbons (Fsp3) is 0.385. The minimum Gasteiger partial charge on any atom is -0.497 e. The van der Waals surface area contributed by atoms with E-state index in [0.717, 1.165) is 11.3 Å². The van der Waals surface area contributed by atoms with Gasteiger partial charge in [-0.1, -0.05) is 32.1 Å². The molecule has 1 aromatic carbocycles. The van der Waals surface area contributed by atoms with E-state index in [1.54, 1.807) is 7.11 Å². The van der Waals surface area contributed by atoms with Crippen molar-refractivity contribution in [2.45, 2.75) is 19.8 Å². The van der Waals surface area contributed by atoms with Crippen molar-refractivity contribution in [3.8, 4) is 5.75 Å². The molecule has 0 saturated carbocycles. The Balaban J connectivity index is 3.05. The van der Waals surface area contributed by atoms with Crippen LogP contribution in [0.3, 0.4) is 0 Å². The second-order valence-corrected chi connectivity index (χ2v) is 3.83. The van der Waals surface area contributed by atoms with Crippen LogP contribution in [0.15, 0.2) is 24.3 Å². The molecule has 0 fully saturated rings. The first-order valence-electron chi connectivity index (χ1n) is 5.23. The van der Waals surface area contributed by atoms with E-state index in [1.807, 2.05) is 18.2 Å². The molecule has 2 heteroatoms. The average Bonchev–Trinajstić information content (AvgIpc) is 2.25. The summed E-state index contributed by atoms with van der Waals surface area (Å²) in [7, 11) is 1.69. The van der Waals surface area contributed by atoms with Gasteiger partial charge in [-0.2, -0.15) is 0 Å². The Kier molecular flexibility index (Phi) is 4.37. The number of benzene rings is 1. The maximum Gasteiger partial charge on any atom is 0.119 e. The van der Waals surface area contributed by atoms with Gasteiger partial charge in [-0.3, -0.25) is 0 Å². The summed E-state index contributed by atoms with van der Waals surface area (Å²) < 4.78 is 5.26. The van der Waals surface area contributed by atoms with Gasteiger partial charge in [0.2, 0.25) is 0 Å². The van der Waals surface area contributed by atoms with Gasteiger partial charge in [0.25, 0.3) is 0 Å². The van der Waals surface area contributed by atoms with Gasteiger partial charge >= 0.3 is 0 Å². The maximum atomic E-state index is 5.43. The SMILES string of the molecule is COc1cc(/C=C/CN)cc(C(C)C)c1. The van der Waals surface area contributed by atoms with E-state index >= 15 is 0 Å². The molecule has 82 valence electrons. The smallest absolute Gasteiger partial charge is 0.119 e. The summed E-state index contributed by atoms with van der Waals surface area (Å²) in [5, 5.41) is 0. The molecule has 0 aliphatic rings. The van der Waals surface area contributed by atoms with Crippen LogP contribution in [0.5, 0.6) is 5.75 Å². The van der Waals surface area contributed by atoms with Crippen LogP contribution in [0, 0.1) is 0 Å². The van der Waals surface area contributed by atoms with Gasteiger partial charge in [-0.15, -0.1) is 0 Å². The number of hydrogen-bond donors (Lipinski definition) is 1. The Hall–Kier alpha value is -1.28.